The lowest BCUT2D eigenvalue weighted by atomic mass is 10.2. The molecule has 0 radical (unpaired) electrons. The van der Waals surface area contributed by atoms with E-state index in [0.717, 1.165) is 6.26 Å². The molecule has 0 bridgehead atoms. The minimum atomic E-state index is -3.38. The van der Waals surface area contributed by atoms with Crippen LogP contribution in [-0.4, -0.2) is 30.4 Å². The highest BCUT2D eigenvalue weighted by atomic mass is 32.2. The molecule has 6 heteroatoms. The first kappa shape index (κ1) is 13.7. The third-order valence-electron chi connectivity index (χ3n) is 1.37. The molecule has 0 aliphatic heterocycles. The van der Waals surface area contributed by atoms with E-state index in [-0.39, 0.29) is 10.9 Å². The predicted molar refractivity (Wildman–Crippen MR) is 56.5 cm³/mol. The van der Waals surface area contributed by atoms with Gasteiger partial charge in [-0.25, -0.2) is 18.4 Å². The lowest BCUT2D eigenvalue weighted by molar-refractivity contribution is 0.101. The quantitative estimate of drug-likeness (QED) is 0.561. The number of carbonyl (C=O) groups excluding carboxylic acids is 1. The molecule has 0 fully saturated rings. The van der Waals surface area contributed by atoms with Gasteiger partial charge in [0.25, 0.3) is 0 Å². The van der Waals surface area contributed by atoms with Gasteiger partial charge in [-0.2, -0.15) is 0 Å². The maximum Gasteiger partial charge on any atom is 0.246 e. The van der Waals surface area contributed by atoms with E-state index in [1.807, 2.05) is 13.8 Å². The summed E-state index contributed by atoms with van der Waals surface area (Å²) in [6.45, 7) is 5.36. The monoisotopic (exact) mass is 230 g/mol. The van der Waals surface area contributed by atoms with Gasteiger partial charge in [-0.05, 0) is 6.92 Å². The smallest absolute Gasteiger partial charge is 0.246 e. The lowest BCUT2D eigenvalue weighted by Crippen LogP contribution is -2.05. The van der Waals surface area contributed by atoms with Crippen LogP contribution < -0.4 is 0 Å². The number of nitrogens with zero attached hydrogens (tertiary/aromatic N) is 2. The summed E-state index contributed by atoms with van der Waals surface area (Å²) in [6, 6.07) is 0. The van der Waals surface area contributed by atoms with Crippen molar-refractivity contribution in [3.63, 3.8) is 0 Å². The van der Waals surface area contributed by atoms with Gasteiger partial charge in [-0.15, -0.1) is 0 Å². The minimum absolute atomic E-state index is 0.194. The Morgan fingerprint density at radius 3 is 1.87 bits per heavy atom. The molecule has 0 aliphatic carbocycles. The standard InChI is InChI=1S/C7H8N2O3S.C2H6/c1-5(10)6-3-8-7(9-4-6)13(2,11)12;1-2/h3-4H,1-2H3;1-2H3. The largest absolute Gasteiger partial charge is 0.294 e. The van der Waals surface area contributed by atoms with Crippen LogP contribution in [-0.2, 0) is 9.84 Å². The van der Waals surface area contributed by atoms with Crippen LogP contribution >= 0.6 is 0 Å². The van der Waals surface area contributed by atoms with Crippen LogP contribution in [0, 0.1) is 0 Å². The van der Waals surface area contributed by atoms with E-state index in [1.165, 1.54) is 19.3 Å². The van der Waals surface area contributed by atoms with Crippen molar-refractivity contribution in [3.8, 4) is 0 Å². The first-order valence-electron chi connectivity index (χ1n) is 4.44. The zero-order valence-corrected chi connectivity index (χ0v) is 10.00. The Kier molecular flexibility index (Phi) is 5.07. The molecule has 5 nitrogen and oxygen atoms in total. The Balaban J connectivity index is 0.000000921. The molecule has 0 saturated heterocycles. The van der Waals surface area contributed by atoms with Gasteiger partial charge >= 0.3 is 0 Å². The van der Waals surface area contributed by atoms with E-state index in [2.05, 4.69) is 9.97 Å². The third-order valence-corrected chi connectivity index (χ3v) is 2.24. The fourth-order valence-corrected chi connectivity index (χ4v) is 1.18. The summed E-state index contributed by atoms with van der Waals surface area (Å²) in [5.74, 6) is -0.194. The van der Waals surface area contributed by atoms with Crippen molar-refractivity contribution in [1.82, 2.24) is 9.97 Å². The molecule has 1 rings (SSSR count). The predicted octanol–water partition coefficient (Wildman–Crippen LogP) is 1.11. The molecular formula is C9H14N2O3S. The molecule has 0 N–H and O–H groups in total. The van der Waals surface area contributed by atoms with E-state index in [4.69, 9.17) is 0 Å². The Labute approximate surface area is 89.5 Å². The molecule has 0 atom stereocenters. The second-order valence-electron chi connectivity index (χ2n) is 2.58. The molecule has 0 unspecified atom stereocenters. The number of hydrogen-bond donors (Lipinski definition) is 0. The zero-order valence-electron chi connectivity index (χ0n) is 9.18. The summed E-state index contributed by atoms with van der Waals surface area (Å²) in [5.41, 5.74) is 0.299. The molecule has 0 aromatic carbocycles. The van der Waals surface area contributed by atoms with Crippen LogP contribution in [0.4, 0.5) is 0 Å². The van der Waals surface area contributed by atoms with Gasteiger partial charge in [0.2, 0.25) is 15.0 Å². The number of hydrogen-bond acceptors (Lipinski definition) is 5. The molecule has 0 amide bonds. The molecule has 15 heavy (non-hydrogen) atoms. The van der Waals surface area contributed by atoms with Gasteiger partial charge in [0.05, 0.1) is 5.56 Å². The Hall–Kier alpha value is -1.30. The number of aromatic nitrogens is 2. The van der Waals surface area contributed by atoms with Crippen molar-refractivity contribution in [2.24, 2.45) is 0 Å². The maximum absolute atomic E-state index is 10.9. The van der Waals surface area contributed by atoms with E-state index in [0.29, 0.717) is 5.56 Å². The fraction of sp³-hybridized carbons (Fsp3) is 0.444. The number of sulfone groups is 1. The summed E-state index contributed by atoms with van der Waals surface area (Å²) < 4.78 is 21.8. The van der Waals surface area contributed by atoms with Crippen LogP contribution in [0.2, 0.25) is 0 Å². The van der Waals surface area contributed by atoms with Gasteiger partial charge in [-0.1, -0.05) is 13.8 Å². The van der Waals surface area contributed by atoms with E-state index < -0.39 is 9.84 Å². The van der Waals surface area contributed by atoms with Crippen molar-refractivity contribution >= 4 is 15.6 Å². The zero-order chi connectivity index (χ0) is 12.1. The highest BCUT2D eigenvalue weighted by molar-refractivity contribution is 7.90. The van der Waals surface area contributed by atoms with Crippen LogP contribution in [0.25, 0.3) is 0 Å². The maximum atomic E-state index is 10.9. The highest BCUT2D eigenvalue weighted by Crippen LogP contribution is 2.02. The number of carbonyl (C=O) groups is 1. The summed E-state index contributed by atoms with van der Waals surface area (Å²) in [6.07, 6.45) is 3.41. The molecule has 1 heterocycles. The average Bonchev–Trinajstić information content (AvgIpc) is 2.20. The lowest BCUT2D eigenvalue weighted by Gasteiger charge is -1.96. The van der Waals surface area contributed by atoms with E-state index in [1.54, 1.807) is 0 Å². The molecule has 1 aromatic heterocycles. The van der Waals surface area contributed by atoms with Gasteiger partial charge in [0, 0.05) is 18.6 Å². The topological polar surface area (TPSA) is 77.0 Å². The van der Waals surface area contributed by atoms with Crippen LogP contribution in [0.15, 0.2) is 17.6 Å². The first-order valence-corrected chi connectivity index (χ1v) is 6.33. The molecule has 0 spiro atoms. The third kappa shape index (κ3) is 4.16. The average molecular weight is 230 g/mol. The first-order chi connectivity index (χ1) is 6.91. The van der Waals surface area contributed by atoms with Gasteiger partial charge in [0.15, 0.2) is 5.78 Å². The molecular weight excluding hydrogens is 216 g/mol. The van der Waals surface area contributed by atoms with Crippen molar-refractivity contribution < 1.29 is 13.2 Å². The normalized spacial score (nSPS) is 10.1. The molecule has 84 valence electrons. The number of Topliss-reactive ketones (excluding diaryl/α,β-unsaturated/α-hetero) is 1. The van der Waals surface area contributed by atoms with Gasteiger partial charge < -0.3 is 0 Å². The second kappa shape index (κ2) is 5.55. The molecule has 1 aromatic rings. The summed E-state index contributed by atoms with van der Waals surface area (Å²) >= 11 is 0. The van der Waals surface area contributed by atoms with Crippen LogP contribution in [0.5, 0.6) is 0 Å². The second-order valence-corrected chi connectivity index (χ2v) is 4.49. The summed E-state index contributed by atoms with van der Waals surface area (Å²) in [5, 5.41) is -0.266. The Morgan fingerprint density at radius 2 is 1.60 bits per heavy atom. The van der Waals surface area contributed by atoms with Crippen molar-refractivity contribution in [2.45, 2.75) is 25.9 Å². The Bertz CT molecular complexity index is 423. The summed E-state index contributed by atoms with van der Waals surface area (Å²) in [7, 11) is -3.38. The van der Waals surface area contributed by atoms with Crippen molar-refractivity contribution in [2.75, 3.05) is 6.26 Å². The number of rotatable bonds is 2. The van der Waals surface area contributed by atoms with E-state index in [9.17, 15) is 13.2 Å². The van der Waals surface area contributed by atoms with Gasteiger partial charge in [-0.3, -0.25) is 4.79 Å². The van der Waals surface area contributed by atoms with E-state index >= 15 is 0 Å². The highest BCUT2D eigenvalue weighted by Gasteiger charge is 2.10. The van der Waals surface area contributed by atoms with Crippen molar-refractivity contribution in [1.29, 1.82) is 0 Å². The molecule has 0 saturated carbocycles. The van der Waals surface area contributed by atoms with Crippen LogP contribution in [0.1, 0.15) is 31.1 Å². The molecule has 0 aliphatic rings. The summed E-state index contributed by atoms with van der Waals surface area (Å²) in [4.78, 5) is 17.9. The minimum Gasteiger partial charge on any atom is -0.294 e. The van der Waals surface area contributed by atoms with Crippen molar-refractivity contribution in [3.05, 3.63) is 18.0 Å². The van der Waals surface area contributed by atoms with Crippen LogP contribution in [0.3, 0.4) is 0 Å². The Morgan fingerprint density at radius 1 is 1.20 bits per heavy atom. The van der Waals surface area contributed by atoms with Gasteiger partial charge in [0.1, 0.15) is 0 Å². The SMILES string of the molecule is CC.CC(=O)c1cnc(S(C)(=O)=O)nc1. The fourth-order valence-electron chi connectivity index (χ4n) is 0.689. The number of ketones is 1.